The molecule has 2 aliphatic rings. The molecular formula is C22H26N2O7S. The number of carbonyl (C=O) groups is 1. The number of ether oxygens (including phenoxy) is 4. The number of nitrogens with one attached hydrogen (secondary N) is 2. The summed E-state index contributed by atoms with van der Waals surface area (Å²) in [6.07, 6.45) is 0.771. The molecule has 2 aromatic rings. The van der Waals surface area contributed by atoms with Gasteiger partial charge in [0.15, 0.2) is 23.0 Å². The number of hydrogen-bond donors (Lipinski definition) is 2. The van der Waals surface area contributed by atoms with Crippen LogP contribution in [0.2, 0.25) is 0 Å². The first kappa shape index (κ1) is 22.2. The number of hydrogen-bond acceptors (Lipinski definition) is 7. The molecule has 0 spiro atoms. The van der Waals surface area contributed by atoms with Crippen molar-refractivity contribution in [3.63, 3.8) is 0 Å². The van der Waals surface area contributed by atoms with Crippen LogP contribution in [0.4, 0.5) is 5.69 Å². The van der Waals surface area contributed by atoms with E-state index in [2.05, 4.69) is 10.0 Å². The van der Waals surface area contributed by atoms with Crippen LogP contribution < -0.4 is 29.0 Å². The van der Waals surface area contributed by atoms with E-state index in [0.29, 0.717) is 55.1 Å². The fraction of sp³-hybridized carbons (Fsp3) is 0.409. The molecular weight excluding hydrogens is 436 g/mol. The minimum Gasteiger partial charge on any atom is -0.490 e. The average Bonchev–Trinajstić information content (AvgIpc) is 3.02. The molecule has 2 aliphatic heterocycles. The molecule has 1 unspecified atom stereocenters. The number of rotatable bonds is 6. The Morgan fingerprint density at radius 1 is 0.844 bits per heavy atom. The Kier molecular flexibility index (Phi) is 6.43. The Bertz CT molecular complexity index is 1100. The second-order valence-corrected chi connectivity index (χ2v) is 9.56. The highest BCUT2D eigenvalue weighted by Gasteiger charge is 2.29. The molecule has 0 fully saturated rings. The van der Waals surface area contributed by atoms with Crippen molar-refractivity contribution in [1.29, 1.82) is 0 Å². The largest absolute Gasteiger partial charge is 0.490 e. The van der Waals surface area contributed by atoms with Crippen molar-refractivity contribution in [2.75, 3.05) is 31.7 Å². The number of benzene rings is 2. The Morgan fingerprint density at radius 2 is 1.44 bits per heavy atom. The smallest absolute Gasteiger partial charge is 0.242 e. The molecule has 0 saturated heterocycles. The van der Waals surface area contributed by atoms with Gasteiger partial charge >= 0.3 is 0 Å². The summed E-state index contributed by atoms with van der Waals surface area (Å²) in [6, 6.07) is 8.46. The number of amides is 1. The maximum Gasteiger partial charge on any atom is 0.242 e. The predicted molar refractivity (Wildman–Crippen MR) is 117 cm³/mol. The standard InChI is InChI=1S/C22H26N2O7S/c1-14(2)21(22(25)23-15-4-6-17-19(12-15)29-9-3-8-28-17)24-32(26,27)16-5-7-18-20(13-16)31-11-10-30-18/h4-7,12-14,21,24H,3,8-11H2,1-2H3,(H,23,25). The van der Waals surface area contributed by atoms with Gasteiger partial charge in [-0.05, 0) is 30.2 Å². The third kappa shape index (κ3) is 4.91. The van der Waals surface area contributed by atoms with Crippen LogP contribution in [-0.2, 0) is 14.8 Å². The summed E-state index contributed by atoms with van der Waals surface area (Å²) < 4.78 is 50.7. The zero-order valence-electron chi connectivity index (χ0n) is 17.9. The summed E-state index contributed by atoms with van der Waals surface area (Å²) in [5.74, 6) is 1.22. The van der Waals surface area contributed by atoms with E-state index < -0.39 is 22.0 Å². The highest BCUT2D eigenvalue weighted by Crippen LogP contribution is 2.33. The van der Waals surface area contributed by atoms with Crippen LogP contribution in [0.3, 0.4) is 0 Å². The lowest BCUT2D eigenvalue weighted by molar-refractivity contribution is -0.118. The lowest BCUT2D eigenvalue weighted by Gasteiger charge is -2.23. The molecule has 172 valence electrons. The Morgan fingerprint density at radius 3 is 2.16 bits per heavy atom. The van der Waals surface area contributed by atoms with Crippen LogP contribution in [0.1, 0.15) is 20.3 Å². The molecule has 0 saturated carbocycles. The minimum absolute atomic E-state index is 0.00391. The van der Waals surface area contributed by atoms with Crippen molar-refractivity contribution >= 4 is 21.6 Å². The molecule has 2 aromatic carbocycles. The van der Waals surface area contributed by atoms with Crippen molar-refractivity contribution in [3.05, 3.63) is 36.4 Å². The van der Waals surface area contributed by atoms with E-state index in [1.165, 1.54) is 12.1 Å². The fourth-order valence-electron chi connectivity index (χ4n) is 3.38. The van der Waals surface area contributed by atoms with Gasteiger partial charge in [-0.1, -0.05) is 13.8 Å². The van der Waals surface area contributed by atoms with Crippen molar-refractivity contribution in [1.82, 2.24) is 4.72 Å². The minimum atomic E-state index is -3.99. The van der Waals surface area contributed by atoms with Crippen LogP contribution in [0.25, 0.3) is 0 Å². The first-order valence-corrected chi connectivity index (χ1v) is 11.9. The van der Waals surface area contributed by atoms with Crippen LogP contribution >= 0.6 is 0 Å². The normalized spacial score (nSPS) is 16.2. The zero-order chi connectivity index (χ0) is 22.7. The maximum atomic E-state index is 13.0. The lowest BCUT2D eigenvalue weighted by Crippen LogP contribution is -2.47. The number of fused-ring (bicyclic) bond motifs is 2. The average molecular weight is 463 g/mol. The van der Waals surface area contributed by atoms with Gasteiger partial charge in [-0.15, -0.1) is 0 Å². The second-order valence-electron chi connectivity index (χ2n) is 7.85. The highest BCUT2D eigenvalue weighted by atomic mass is 32.2. The van der Waals surface area contributed by atoms with Crippen molar-refractivity contribution in [3.8, 4) is 23.0 Å². The fourth-order valence-corrected chi connectivity index (χ4v) is 4.74. The number of carbonyl (C=O) groups excluding carboxylic acids is 1. The molecule has 1 amide bonds. The predicted octanol–water partition coefficient (Wildman–Crippen LogP) is 2.56. The molecule has 32 heavy (non-hydrogen) atoms. The van der Waals surface area contributed by atoms with Crippen LogP contribution in [0, 0.1) is 5.92 Å². The molecule has 0 aliphatic carbocycles. The summed E-state index contributed by atoms with van der Waals surface area (Å²) in [5.41, 5.74) is 0.489. The van der Waals surface area contributed by atoms with E-state index in [4.69, 9.17) is 18.9 Å². The van der Waals surface area contributed by atoms with Gasteiger partial charge in [0.1, 0.15) is 19.3 Å². The Labute approximate surface area is 187 Å². The highest BCUT2D eigenvalue weighted by molar-refractivity contribution is 7.89. The van der Waals surface area contributed by atoms with Crippen molar-refractivity contribution in [2.45, 2.75) is 31.2 Å². The van der Waals surface area contributed by atoms with Crippen LogP contribution in [0.15, 0.2) is 41.3 Å². The maximum absolute atomic E-state index is 13.0. The first-order valence-electron chi connectivity index (χ1n) is 10.5. The number of anilines is 1. The van der Waals surface area contributed by atoms with Crippen molar-refractivity contribution in [2.24, 2.45) is 5.92 Å². The quantitative estimate of drug-likeness (QED) is 0.678. The monoisotopic (exact) mass is 462 g/mol. The van der Waals surface area contributed by atoms with Gasteiger partial charge in [0.05, 0.1) is 18.1 Å². The molecule has 10 heteroatoms. The molecule has 0 bridgehead atoms. The van der Waals surface area contributed by atoms with E-state index in [1.54, 1.807) is 38.1 Å². The third-order valence-electron chi connectivity index (χ3n) is 5.07. The molecule has 9 nitrogen and oxygen atoms in total. The topological polar surface area (TPSA) is 112 Å². The van der Waals surface area contributed by atoms with Gasteiger partial charge in [-0.3, -0.25) is 4.79 Å². The second kappa shape index (κ2) is 9.25. The summed E-state index contributed by atoms with van der Waals surface area (Å²) in [6.45, 7) is 5.38. The van der Waals surface area contributed by atoms with Gasteiger partial charge in [0.25, 0.3) is 0 Å². The molecule has 2 N–H and O–H groups in total. The lowest BCUT2D eigenvalue weighted by atomic mass is 10.0. The van der Waals surface area contributed by atoms with Gasteiger partial charge in [-0.2, -0.15) is 4.72 Å². The van der Waals surface area contributed by atoms with E-state index in [-0.39, 0.29) is 10.8 Å². The molecule has 1 atom stereocenters. The van der Waals surface area contributed by atoms with Gasteiger partial charge < -0.3 is 24.3 Å². The molecule has 0 aromatic heterocycles. The van der Waals surface area contributed by atoms with Crippen LogP contribution in [0.5, 0.6) is 23.0 Å². The molecule has 0 radical (unpaired) electrons. The Hall–Kier alpha value is -2.98. The van der Waals surface area contributed by atoms with Gasteiger partial charge in [0.2, 0.25) is 15.9 Å². The van der Waals surface area contributed by atoms with E-state index in [0.717, 1.165) is 6.42 Å². The molecule has 2 heterocycles. The van der Waals surface area contributed by atoms with Crippen molar-refractivity contribution < 1.29 is 32.2 Å². The third-order valence-corrected chi connectivity index (χ3v) is 6.51. The summed E-state index contributed by atoms with van der Waals surface area (Å²) in [4.78, 5) is 13.0. The summed E-state index contributed by atoms with van der Waals surface area (Å²) in [5, 5.41) is 2.77. The first-order chi connectivity index (χ1) is 15.3. The van der Waals surface area contributed by atoms with Gasteiger partial charge in [0, 0.05) is 24.2 Å². The number of sulfonamides is 1. The van der Waals surface area contributed by atoms with Gasteiger partial charge in [-0.25, -0.2) is 8.42 Å². The Balaban J connectivity index is 1.51. The SMILES string of the molecule is CC(C)C(NS(=O)(=O)c1ccc2c(c1)OCCO2)C(=O)Nc1ccc2c(c1)OCCCO2. The van der Waals surface area contributed by atoms with E-state index in [1.807, 2.05) is 0 Å². The van der Waals surface area contributed by atoms with E-state index in [9.17, 15) is 13.2 Å². The molecule has 4 rings (SSSR count). The zero-order valence-corrected chi connectivity index (χ0v) is 18.7. The van der Waals surface area contributed by atoms with E-state index >= 15 is 0 Å². The summed E-state index contributed by atoms with van der Waals surface area (Å²) >= 11 is 0. The van der Waals surface area contributed by atoms with Crippen LogP contribution in [-0.4, -0.2) is 46.8 Å². The summed E-state index contributed by atoms with van der Waals surface area (Å²) in [7, 11) is -3.99.